The maximum Gasteiger partial charge on any atom is 0.407 e. The van der Waals surface area contributed by atoms with Crippen molar-refractivity contribution in [2.45, 2.75) is 12.5 Å². The minimum atomic E-state index is -0.351. The first-order valence-electron chi connectivity index (χ1n) is 4.45. The minimum Gasteiger partial charge on any atom is -0.441 e. The van der Waals surface area contributed by atoms with Gasteiger partial charge in [-0.25, -0.2) is 4.79 Å². The van der Waals surface area contributed by atoms with Gasteiger partial charge in [0.25, 0.3) is 0 Å². The van der Waals surface area contributed by atoms with Crippen LogP contribution in [0.25, 0.3) is 0 Å². The fourth-order valence-electron chi connectivity index (χ4n) is 1.45. The quantitative estimate of drug-likeness (QED) is 0.775. The molecule has 0 unspecified atom stereocenters. The Labute approximate surface area is 87.0 Å². The van der Waals surface area contributed by atoms with Crippen LogP contribution in [0.1, 0.15) is 18.1 Å². The third kappa shape index (κ3) is 1.99. The number of benzene rings is 1. The van der Waals surface area contributed by atoms with E-state index >= 15 is 0 Å². The lowest BCUT2D eigenvalue weighted by molar-refractivity contribution is 0.0739. The van der Waals surface area contributed by atoms with Gasteiger partial charge in [-0.15, -0.1) is 0 Å². The van der Waals surface area contributed by atoms with Crippen molar-refractivity contribution in [3.8, 4) is 0 Å². The molecule has 1 heterocycles. The highest BCUT2D eigenvalue weighted by Gasteiger charge is 2.20. The second kappa shape index (κ2) is 3.88. The molecule has 14 heavy (non-hydrogen) atoms. The summed E-state index contributed by atoms with van der Waals surface area (Å²) in [7, 11) is 0. The minimum absolute atomic E-state index is 0.138. The molecule has 1 fully saturated rings. The average molecular weight is 212 g/mol. The van der Waals surface area contributed by atoms with Crippen molar-refractivity contribution >= 4 is 17.7 Å². The maximum atomic E-state index is 11.0. The highest BCUT2D eigenvalue weighted by atomic mass is 35.5. The zero-order chi connectivity index (χ0) is 9.97. The van der Waals surface area contributed by atoms with E-state index in [9.17, 15) is 4.79 Å². The molecule has 3 nitrogen and oxygen atoms in total. The molecule has 1 N–H and O–H groups in total. The number of amides is 1. The summed E-state index contributed by atoms with van der Waals surface area (Å²) in [4.78, 5) is 11.0. The lowest BCUT2D eigenvalue weighted by Crippen LogP contribution is -2.33. The van der Waals surface area contributed by atoms with Crippen LogP contribution in [0.5, 0.6) is 0 Å². The van der Waals surface area contributed by atoms with E-state index < -0.39 is 0 Å². The summed E-state index contributed by atoms with van der Waals surface area (Å²) >= 11 is 5.76. The molecule has 1 aliphatic rings. The van der Waals surface area contributed by atoms with Gasteiger partial charge in [0.15, 0.2) is 0 Å². The second-order valence-electron chi connectivity index (χ2n) is 3.16. The van der Waals surface area contributed by atoms with Gasteiger partial charge in [-0.2, -0.15) is 0 Å². The number of rotatable bonds is 1. The number of hydrogen-bond acceptors (Lipinski definition) is 2. The Kier molecular flexibility index (Phi) is 2.59. The predicted molar refractivity (Wildman–Crippen MR) is 53.3 cm³/mol. The SMILES string of the molecule is O=C1NCC[C@H](c2ccc(Cl)cc2)O1. The first-order chi connectivity index (χ1) is 6.75. The zero-order valence-electron chi connectivity index (χ0n) is 7.50. The van der Waals surface area contributed by atoms with Crippen LogP contribution in [0.3, 0.4) is 0 Å². The number of hydrogen-bond donors (Lipinski definition) is 1. The number of carbonyl (C=O) groups is 1. The van der Waals surface area contributed by atoms with Gasteiger partial charge in [0, 0.05) is 18.0 Å². The van der Waals surface area contributed by atoms with E-state index in [4.69, 9.17) is 16.3 Å². The standard InChI is InChI=1S/C10H10ClNO2/c11-8-3-1-7(2-4-8)9-5-6-12-10(13)14-9/h1-4,9H,5-6H2,(H,12,13)/t9-/m1/s1. The van der Waals surface area contributed by atoms with E-state index in [-0.39, 0.29) is 12.2 Å². The molecule has 0 radical (unpaired) electrons. The number of halogens is 1. The lowest BCUT2D eigenvalue weighted by atomic mass is 10.1. The molecular formula is C10H10ClNO2. The Bertz CT molecular complexity index is 336. The van der Waals surface area contributed by atoms with Crippen LogP contribution in [0.4, 0.5) is 4.79 Å². The molecule has 4 heteroatoms. The number of ether oxygens (including phenoxy) is 1. The molecule has 1 saturated heterocycles. The molecule has 0 aromatic heterocycles. The van der Waals surface area contributed by atoms with Crippen LogP contribution in [0.2, 0.25) is 5.02 Å². The summed E-state index contributed by atoms with van der Waals surface area (Å²) < 4.78 is 5.12. The fraction of sp³-hybridized carbons (Fsp3) is 0.300. The van der Waals surface area contributed by atoms with E-state index in [1.54, 1.807) is 12.1 Å². The van der Waals surface area contributed by atoms with Crippen LogP contribution >= 0.6 is 11.6 Å². The Balaban J connectivity index is 2.14. The molecule has 1 aliphatic heterocycles. The molecule has 1 atom stereocenters. The Hall–Kier alpha value is -1.22. The van der Waals surface area contributed by atoms with Crippen LogP contribution in [0.15, 0.2) is 24.3 Å². The van der Waals surface area contributed by atoms with Crippen LogP contribution in [0, 0.1) is 0 Å². The van der Waals surface area contributed by atoms with Crippen molar-refractivity contribution < 1.29 is 9.53 Å². The van der Waals surface area contributed by atoms with Gasteiger partial charge in [0.2, 0.25) is 0 Å². The predicted octanol–water partition coefficient (Wildman–Crippen LogP) is 2.51. The summed E-state index contributed by atoms with van der Waals surface area (Å²) in [5.74, 6) is 0. The zero-order valence-corrected chi connectivity index (χ0v) is 8.25. The molecule has 74 valence electrons. The summed E-state index contributed by atoms with van der Waals surface area (Å²) in [5, 5.41) is 3.29. The van der Waals surface area contributed by atoms with Crippen molar-refractivity contribution in [3.05, 3.63) is 34.9 Å². The van der Waals surface area contributed by atoms with Crippen molar-refractivity contribution in [1.29, 1.82) is 0 Å². The van der Waals surface area contributed by atoms with Crippen molar-refractivity contribution in [3.63, 3.8) is 0 Å². The van der Waals surface area contributed by atoms with Gasteiger partial charge in [0.05, 0.1) is 0 Å². The van der Waals surface area contributed by atoms with E-state index in [0.717, 1.165) is 12.0 Å². The highest BCUT2D eigenvalue weighted by molar-refractivity contribution is 6.30. The molecule has 0 aliphatic carbocycles. The number of nitrogens with one attached hydrogen (secondary N) is 1. The average Bonchev–Trinajstić information content (AvgIpc) is 2.19. The Morgan fingerprint density at radius 1 is 1.36 bits per heavy atom. The molecule has 0 bridgehead atoms. The van der Waals surface area contributed by atoms with Gasteiger partial charge in [-0.3, -0.25) is 0 Å². The third-order valence-corrected chi connectivity index (χ3v) is 2.42. The van der Waals surface area contributed by atoms with E-state index in [2.05, 4.69) is 5.32 Å². The number of cyclic esters (lactones) is 1. The van der Waals surface area contributed by atoms with Crippen LogP contribution < -0.4 is 5.32 Å². The van der Waals surface area contributed by atoms with Gasteiger partial charge in [-0.1, -0.05) is 23.7 Å². The maximum absolute atomic E-state index is 11.0. The van der Waals surface area contributed by atoms with Gasteiger partial charge < -0.3 is 10.1 Å². The lowest BCUT2D eigenvalue weighted by Gasteiger charge is -2.23. The molecule has 2 rings (SSSR count). The van der Waals surface area contributed by atoms with E-state index in [1.165, 1.54) is 0 Å². The molecular weight excluding hydrogens is 202 g/mol. The van der Waals surface area contributed by atoms with Crippen molar-refractivity contribution in [2.75, 3.05) is 6.54 Å². The van der Waals surface area contributed by atoms with Gasteiger partial charge in [0.1, 0.15) is 6.10 Å². The van der Waals surface area contributed by atoms with Crippen LogP contribution in [-0.2, 0) is 4.74 Å². The van der Waals surface area contributed by atoms with Crippen LogP contribution in [-0.4, -0.2) is 12.6 Å². The fourth-order valence-corrected chi connectivity index (χ4v) is 1.57. The molecule has 1 amide bonds. The molecule has 1 aromatic carbocycles. The van der Waals surface area contributed by atoms with Crippen molar-refractivity contribution in [1.82, 2.24) is 5.32 Å². The van der Waals surface area contributed by atoms with E-state index in [0.29, 0.717) is 11.6 Å². The monoisotopic (exact) mass is 211 g/mol. The molecule has 0 saturated carbocycles. The van der Waals surface area contributed by atoms with E-state index in [1.807, 2.05) is 12.1 Å². The summed E-state index contributed by atoms with van der Waals surface area (Å²) in [6, 6.07) is 7.36. The highest BCUT2D eigenvalue weighted by Crippen LogP contribution is 2.24. The summed E-state index contributed by atoms with van der Waals surface area (Å²) in [6.07, 6.45) is 0.310. The second-order valence-corrected chi connectivity index (χ2v) is 3.60. The first kappa shape index (κ1) is 9.34. The normalized spacial score (nSPS) is 21.2. The molecule has 1 aromatic rings. The summed E-state index contributed by atoms with van der Waals surface area (Å²) in [6.45, 7) is 0.659. The largest absolute Gasteiger partial charge is 0.441 e. The topological polar surface area (TPSA) is 38.3 Å². The number of carbonyl (C=O) groups excluding carboxylic acids is 1. The Morgan fingerprint density at radius 2 is 2.07 bits per heavy atom. The van der Waals surface area contributed by atoms with Gasteiger partial charge >= 0.3 is 6.09 Å². The molecule has 0 spiro atoms. The third-order valence-electron chi connectivity index (χ3n) is 2.17. The first-order valence-corrected chi connectivity index (χ1v) is 4.83. The Morgan fingerprint density at radius 3 is 2.71 bits per heavy atom. The number of alkyl carbamates (subject to hydrolysis) is 1. The smallest absolute Gasteiger partial charge is 0.407 e. The van der Waals surface area contributed by atoms with Crippen molar-refractivity contribution in [2.24, 2.45) is 0 Å². The summed E-state index contributed by atoms with van der Waals surface area (Å²) in [5.41, 5.74) is 0.990. The van der Waals surface area contributed by atoms with Gasteiger partial charge in [-0.05, 0) is 17.7 Å².